The van der Waals surface area contributed by atoms with Gasteiger partial charge in [0.15, 0.2) is 0 Å². The Morgan fingerprint density at radius 2 is 1.67 bits per heavy atom. The lowest BCUT2D eigenvalue weighted by Crippen LogP contribution is -1.99. The highest BCUT2D eigenvalue weighted by molar-refractivity contribution is 6.31. The molecule has 0 spiro atoms. The van der Waals surface area contributed by atoms with E-state index in [2.05, 4.69) is 43.1 Å². The van der Waals surface area contributed by atoms with Gasteiger partial charge in [-0.2, -0.15) is 0 Å². The van der Waals surface area contributed by atoms with Crippen LogP contribution in [0.2, 0.25) is 0 Å². The van der Waals surface area contributed by atoms with Crippen molar-refractivity contribution in [3.05, 3.63) is 66.2 Å². The summed E-state index contributed by atoms with van der Waals surface area (Å²) in [5.41, 5.74) is 4.17. The molecule has 0 aliphatic heterocycles. The van der Waals surface area contributed by atoms with E-state index >= 15 is 0 Å². The van der Waals surface area contributed by atoms with E-state index in [0.717, 1.165) is 42.8 Å². The summed E-state index contributed by atoms with van der Waals surface area (Å²) in [4.78, 5) is 9.32. The quantitative estimate of drug-likeness (QED) is 0.479. The van der Waals surface area contributed by atoms with Crippen molar-refractivity contribution < 1.29 is 0 Å². The van der Waals surface area contributed by atoms with E-state index in [-0.39, 0.29) is 0 Å². The maximum atomic E-state index is 4.73. The zero-order valence-electron chi connectivity index (χ0n) is 14.7. The lowest BCUT2D eigenvalue weighted by atomic mass is 10.1. The molecule has 0 aliphatic carbocycles. The summed E-state index contributed by atoms with van der Waals surface area (Å²) >= 11 is 0. The molecule has 0 saturated carbocycles. The smallest absolute Gasteiger partial charge is 0.0633 e. The first-order valence-electron chi connectivity index (χ1n) is 8.75. The zero-order chi connectivity index (χ0) is 17.0. The number of allylic oxidation sites excluding steroid dienone is 1. The van der Waals surface area contributed by atoms with Crippen LogP contribution in [-0.4, -0.2) is 11.9 Å². The maximum absolute atomic E-state index is 4.73. The summed E-state index contributed by atoms with van der Waals surface area (Å²) in [5.74, 6) is 0. The number of nitrogens with zero attached hydrogens (tertiary/aromatic N) is 2. The minimum atomic E-state index is 0.951. The fraction of sp³-hybridized carbons (Fsp3) is 0.273. The van der Waals surface area contributed by atoms with E-state index in [4.69, 9.17) is 4.99 Å². The summed E-state index contributed by atoms with van der Waals surface area (Å²) in [6, 6.07) is 18.4. The van der Waals surface area contributed by atoms with Crippen LogP contribution in [0, 0.1) is 0 Å². The highest BCUT2D eigenvalue weighted by atomic mass is 14.8. The molecule has 124 valence electrons. The standard InChI is InChI=1S/C22H26N2/c1-3-5-10-19-14-16-20(17-15-19)23-18-22(11-6-4-2)24-21-12-8-7-9-13-21/h5,7-10,12-18H,3-4,6,11H2,1-2H3/b10-5+,23-18?,24-22?. The summed E-state index contributed by atoms with van der Waals surface area (Å²) in [5, 5.41) is 0. The van der Waals surface area contributed by atoms with Gasteiger partial charge < -0.3 is 0 Å². The van der Waals surface area contributed by atoms with Crippen LogP contribution < -0.4 is 0 Å². The number of para-hydroxylation sites is 1. The molecule has 2 nitrogen and oxygen atoms in total. The summed E-state index contributed by atoms with van der Waals surface area (Å²) in [7, 11) is 0. The summed E-state index contributed by atoms with van der Waals surface area (Å²) in [6.45, 7) is 4.33. The van der Waals surface area contributed by atoms with Crippen LogP contribution in [0.3, 0.4) is 0 Å². The van der Waals surface area contributed by atoms with Gasteiger partial charge in [-0.15, -0.1) is 0 Å². The van der Waals surface area contributed by atoms with Gasteiger partial charge in [0.25, 0.3) is 0 Å². The van der Waals surface area contributed by atoms with Crippen LogP contribution in [0.4, 0.5) is 11.4 Å². The Hall–Kier alpha value is -2.48. The Kier molecular flexibility index (Phi) is 7.69. The van der Waals surface area contributed by atoms with Crippen LogP contribution in [-0.2, 0) is 0 Å². The fourth-order valence-corrected chi connectivity index (χ4v) is 2.25. The zero-order valence-corrected chi connectivity index (χ0v) is 14.7. The number of aliphatic imine (C=N–C) groups is 2. The molecule has 24 heavy (non-hydrogen) atoms. The van der Waals surface area contributed by atoms with Crippen molar-refractivity contribution in [2.75, 3.05) is 0 Å². The van der Waals surface area contributed by atoms with E-state index < -0.39 is 0 Å². The van der Waals surface area contributed by atoms with Crippen LogP contribution in [0.5, 0.6) is 0 Å². The van der Waals surface area contributed by atoms with Crippen molar-refractivity contribution in [1.29, 1.82) is 0 Å². The molecular formula is C22H26N2. The topological polar surface area (TPSA) is 24.7 Å². The second-order valence-electron chi connectivity index (χ2n) is 5.70. The summed E-state index contributed by atoms with van der Waals surface area (Å²) < 4.78 is 0. The van der Waals surface area contributed by atoms with Gasteiger partial charge in [0.1, 0.15) is 0 Å². The molecule has 2 aromatic rings. The van der Waals surface area contributed by atoms with Crippen LogP contribution in [0.1, 0.15) is 45.1 Å². The van der Waals surface area contributed by atoms with Gasteiger partial charge in [-0.25, -0.2) is 0 Å². The monoisotopic (exact) mass is 318 g/mol. The molecule has 0 saturated heterocycles. The molecule has 2 heteroatoms. The number of benzene rings is 2. The van der Waals surface area contributed by atoms with Crippen molar-refractivity contribution in [3.8, 4) is 0 Å². The summed E-state index contributed by atoms with van der Waals surface area (Å²) in [6.07, 6.45) is 10.5. The van der Waals surface area contributed by atoms with E-state index in [1.165, 1.54) is 5.56 Å². The third kappa shape index (κ3) is 6.33. The normalized spacial score (nSPS) is 12.3. The lowest BCUT2D eigenvalue weighted by molar-refractivity contribution is 0.839. The minimum absolute atomic E-state index is 0.951. The van der Waals surface area contributed by atoms with Crippen LogP contribution in [0.25, 0.3) is 6.08 Å². The van der Waals surface area contributed by atoms with Gasteiger partial charge in [-0.05, 0) is 49.1 Å². The van der Waals surface area contributed by atoms with Crippen molar-refractivity contribution in [2.45, 2.75) is 39.5 Å². The van der Waals surface area contributed by atoms with Crippen LogP contribution in [0.15, 0.2) is 70.7 Å². The third-order valence-electron chi connectivity index (χ3n) is 3.62. The highest BCUT2D eigenvalue weighted by Crippen LogP contribution is 2.15. The molecule has 0 aromatic heterocycles. The largest absolute Gasteiger partial charge is 0.255 e. The Morgan fingerprint density at radius 1 is 0.917 bits per heavy atom. The van der Waals surface area contributed by atoms with E-state index in [9.17, 15) is 0 Å². The molecule has 0 aliphatic rings. The molecule has 0 unspecified atom stereocenters. The van der Waals surface area contributed by atoms with E-state index in [1.807, 2.05) is 48.7 Å². The minimum Gasteiger partial charge on any atom is -0.255 e. The number of hydrogen-bond donors (Lipinski definition) is 0. The van der Waals surface area contributed by atoms with Crippen molar-refractivity contribution >= 4 is 29.4 Å². The Labute approximate surface area is 145 Å². The maximum Gasteiger partial charge on any atom is 0.0633 e. The Morgan fingerprint density at radius 3 is 2.33 bits per heavy atom. The molecule has 2 aromatic carbocycles. The third-order valence-corrected chi connectivity index (χ3v) is 3.62. The second kappa shape index (κ2) is 10.3. The molecule has 0 N–H and O–H groups in total. The first kappa shape index (κ1) is 17.9. The molecule has 0 radical (unpaired) electrons. The molecule has 2 rings (SSSR count). The first-order valence-corrected chi connectivity index (χ1v) is 8.75. The van der Waals surface area contributed by atoms with Crippen molar-refractivity contribution in [3.63, 3.8) is 0 Å². The van der Waals surface area contributed by atoms with Gasteiger partial charge in [0.05, 0.1) is 17.1 Å². The number of hydrogen-bond acceptors (Lipinski definition) is 2. The number of unbranched alkanes of at least 4 members (excludes halogenated alkanes) is 1. The van der Waals surface area contributed by atoms with Gasteiger partial charge >= 0.3 is 0 Å². The Balaban J connectivity index is 2.12. The van der Waals surface area contributed by atoms with Gasteiger partial charge in [0, 0.05) is 6.21 Å². The van der Waals surface area contributed by atoms with E-state index in [1.54, 1.807) is 0 Å². The average Bonchev–Trinajstić information content (AvgIpc) is 2.64. The SMILES string of the molecule is CC/C=C/c1ccc(N=CC(CCCC)=Nc2ccccc2)cc1. The predicted octanol–water partition coefficient (Wildman–Crippen LogP) is 6.78. The molecule has 0 amide bonds. The molecule has 0 heterocycles. The highest BCUT2D eigenvalue weighted by Gasteiger charge is 1.97. The number of rotatable bonds is 8. The predicted molar refractivity (Wildman–Crippen MR) is 107 cm³/mol. The van der Waals surface area contributed by atoms with Crippen molar-refractivity contribution in [2.24, 2.45) is 9.98 Å². The van der Waals surface area contributed by atoms with Crippen molar-refractivity contribution in [1.82, 2.24) is 0 Å². The van der Waals surface area contributed by atoms with Gasteiger partial charge in [0.2, 0.25) is 0 Å². The van der Waals surface area contributed by atoms with Gasteiger partial charge in [-0.1, -0.05) is 62.8 Å². The fourth-order valence-electron chi connectivity index (χ4n) is 2.25. The lowest BCUT2D eigenvalue weighted by Gasteiger charge is -2.01. The van der Waals surface area contributed by atoms with Crippen LogP contribution >= 0.6 is 0 Å². The molecule has 0 bridgehead atoms. The van der Waals surface area contributed by atoms with E-state index in [0.29, 0.717) is 0 Å². The molecule has 0 atom stereocenters. The van der Waals surface area contributed by atoms with Gasteiger partial charge in [-0.3, -0.25) is 9.98 Å². The molecule has 0 fully saturated rings. The second-order valence-corrected chi connectivity index (χ2v) is 5.70. The average molecular weight is 318 g/mol. The molecular weight excluding hydrogens is 292 g/mol. The Bertz CT molecular complexity index is 680. The first-order chi connectivity index (χ1) is 11.8.